The molecule has 0 aliphatic heterocycles. The second-order valence-corrected chi connectivity index (χ2v) is 6.28. The predicted molar refractivity (Wildman–Crippen MR) is 98.6 cm³/mol. The molecule has 5 N–H and O–H groups in total. The van der Waals surface area contributed by atoms with E-state index >= 15 is 0 Å². The van der Waals surface area contributed by atoms with Crippen LogP contribution in [0.25, 0.3) is 10.9 Å². The molecule has 0 bridgehead atoms. The summed E-state index contributed by atoms with van der Waals surface area (Å²) in [7, 11) is 1.66. The lowest BCUT2D eigenvalue weighted by atomic mass is 9.90. The van der Waals surface area contributed by atoms with Crippen LogP contribution in [0.1, 0.15) is 24.0 Å². The number of fused-ring (bicyclic) bond motifs is 1. The lowest BCUT2D eigenvalue weighted by Gasteiger charge is -2.18. The number of hydrogen-bond donors (Lipinski definition) is 3. The molecule has 25 heavy (non-hydrogen) atoms. The normalized spacial score (nSPS) is 13.5. The Labute approximate surface area is 147 Å². The molecule has 0 radical (unpaired) electrons. The van der Waals surface area contributed by atoms with E-state index < -0.39 is 0 Å². The minimum absolute atomic E-state index is 0.142. The first-order valence-corrected chi connectivity index (χ1v) is 8.42. The number of nitrogens with one attached hydrogen (secondary N) is 1. The summed E-state index contributed by atoms with van der Waals surface area (Å²) in [5.41, 5.74) is 8.92. The molecule has 1 heterocycles. The molecule has 0 aliphatic carbocycles. The zero-order chi connectivity index (χ0) is 17.8. The van der Waals surface area contributed by atoms with E-state index in [0.29, 0.717) is 0 Å². The van der Waals surface area contributed by atoms with E-state index in [2.05, 4.69) is 35.4 Å². The summed E-state index contributed by atoms with van der Waals surface area (Å²) in [5.74, 6) is 0.673. The molecule has 1 amide bonds. The Kier molecular flexibility index (Phi) is 5.05. The number of para-hydroxylation sites is 1. The summed E-state index contributed by atoms with van der Waals surface area (Å²) in [6, 6.07) is 16.1. The van der Waals surface area contributed by atoms with Crippen molar-refractivity contribution in [3.05, 3.63) is 65.9 Å². The van der Waals surface area contributed by atoms with Gasteiger partial charge in [-0.25, -0.2) is 0 Å². The van der Waals surface area contributed by atoms with Gasteiger partial charge in [-0.3, -0.25) is 4.79 Å². The third-order valence-corrected chi connectivity index (χ3v) is 4.69. The molecule has 2 atom stereocenters. The number of carbonyl (C=O) groups excluding carboxylic acids is 1. The van der Waals surface area contributed by atoms with E-state index in [0.717, 1.165) is 17.8 Å². The SMILES string of the molecule is COc1ccc([C@H](C[NH2+][C@@H](C)C(N)=O)c2c[nH]c3ccccc23)cc1. The summed E-state index contributed by atoms with van der Waals surface area (Å²) in [4.78, 5) is 14.7. The molecule has 0 saturated carbocycles. The molecule has 130 valence electrons. The van der Waals surface area contributed by atoms with Gasteiger partial charge in [0, 0.05) is 17.1 Å². The predicted octanol–water partition coefficient (Wildman–Crippen LogP) is 1.75. The second-order valence-electron chi connectivity index (χ2n) is 6.28. The highest BCUT2D eigenvalue weighted by Gasteiger charge is 2.22. The van der Waals surface area contributed by atoms with Crippen molar-refractivity contribution in [3.8, 4) is 5.75 Å². The number of amides is 1. The number of ether oxygens (including phenoxy) is 1. The highest BCUT2D eigenvalue weighted by Crippen LogP contribution is 2.30. The highest BCUT2D eigenvalue weighted by atomic mass is 16.5. The Bertz CT molecular complexity index is 855. The molecule has 0 saturated heterocycles. The largest absolute Gasteiger partial charge is 0.497 e. The first-order chi connectivity index (χ1) is 12.1. The third-order valence-electron chi connectivity index (χ3n) is 4.69. The van der Waals surface area contributed by atoms with Gasteiger partial charge in [0.25, 0.3) is 5.91 Å². The molecule has 0 fully saturated rings. The first-order valence-electron chi connectivity index (χ1n) is 8.42. The topological polar surface area (TPSA) is 84.7 Å². The van der Waals surface area contributed by atoms with E-state index in [9.17, 15) is 4.79 Å². The van der Waals surface area contributed by atoms with Crippen molar-refractivity contribution in [2.75, 3.05) is 13.7 Å². The zero-order valence-electron chi connectivity index (χ0n) is 14.5. The molecule has 0 aliphatic rings. The van der Waals surface area contributed by atoms with Crippen LogP contribution in [0.2, 0.25) is 0 Å². The fourth-order valence-corrected chi connectivity index (χ4v) is 3.12. The maximum absolute atomic E-state index is 11.4. The van der Waals surface area contributed by atoms with Gasteiger partial charge in [0.15, 0.2) is 6.04 Å². The molecule has 2 aromatic carbocycles. The van der Waals surface area contributed by atoms with Crippen molar-refractivity contribution in [3.63, 3.8) is 0 Å². The average molecular weight is 338 g/mol. The number of carbonyl (C=O) groups is 1. The summed E-state index contributed by atoms with van der Waals surface area (Å²) in [6.07, 6.45) is 2.06. The smallest absolute Gasteiger partial charge is 0.275 e. The highest BCUT2D eigenvalue weighted by molar-refractivity contribution is 5.84. The van der Waals surface area contributed by atoms with Crippen molar-refractivity contribution in [2.24, 2.45) is 5.73 Å². The molecule has 3 rings (SSSR count). The van der Waals surface area contributed by atoms with E-state index in [4.69, 9.17) is 10.5 Å². The molecule has 5 heteroatoms. The van der Waals surface area contributed by atoms with Crippen molar-refractivity contribution in [2.45, 2.75) is 18.9 Å². The molecule has 0 unspecified atom stereocenters. The number of methoxy groups -OCH3 is 1. The Morgan fingerprint density at radius 1 is 1.20 bits per heavy atom. The van der Waals surface area contributed by atoms with Crippen molar-refractivity contribution in [1.29, 1.82) is 0 Å². The monoisotopic (exact) mass is 338 g/mol. The second kappa shape index (κ2) is 7.40. The Hall–Kier alpha value is -2.79. The van der Waals surface area contributed by atoms with Crippen molar-refractivity contribution < 1.29 is 14.8 Å². The number of H-pyrrole nitrogens is 1. The Morgan fingerprint density at radius 3 is 2.60 bits per heavy atom. The number of aromatic amines is 1. The van der Waals surface area contributed by atoms with Gasteiger partial charge in [0.05, 0.1) is 19.6 Å². The van der Waals surface area contributed by atoms with E-state index in [1.165, 1.54) is 16.5 Å². The fourth-order valence-electron chi connectivity index (χ4n) is 3.12. The Balaban J connectivity index is 1.97. The van der Waals surface area contributed by atoms with Gasteiger partial charge in [-0.05, 0) is 36.2 Å². The van der Waals surface area contributed by atoms with Crippen LogP contribution in [-0.4, -0.2) is 30.6 Å². The van der Waals surface area contributed by atoms with Crippen LogP contribution in [0.3, 0.4) is 0 Å². The molecule has 5 nitrogen and oxygen atoms in total. The summed E-state index contributed by atoms with van der Waals surface area (Å²) in [5, 5.41) is 3.20. The molecular formula is C20H24N3O2+. The number of rotatable bonds is 7. The van der Waals surface area contributed by atoms with Crippen LogP contribution in [0.4, 0.5) is 0 Å². The van der Waals surface area contributed by atoms with E-state index in [-0.39, 0.29) is 17.9 Å². The number of aromatic nitrogens is 1. The maximum Gasteiger partial charge on any atom is 0.275 e. The molecule has 3 aromatic rings. The van der Waals surface area contributed by atoms with Gasteiger partial charge in [0.1, 0.15) is 5.75 Å². The van der Waals surface area contributed by atoms with Crippen LogP contribution in [0.5, 0.6) is 5.75 Å². The fraction of sp³-hybridized carbons (Fsp3) is 0.250. The lowest BCUT2D eigenvalue weighted by Crippen LogP contribution is -2.92. The first kappa shape index (κ1) is 17.0. The van der Waals surface area contributed by atoms with Crippen LogP contribution >= 0.6 is 0 Å². The number of primary amides is 1. The average Bonchev–Trinajstić information content (AvgIpc) is 3.06. The zero-order valence-corrected chi connectivity index (χ0v) is 14.5. The van der Waals surface area contributed by atoms with Gasteiger partial charge in [-0.1, -0.05) is 30.3 Å². The standard InChI is InChI=1S/C20H23N3O2/c1-13(20(21)24)22-11-17(14-7-9-15(25-2)10-8-14)18-12-23-19-6-4-3-5-16(18)19/h3-10,12-13,17,22-23H,11H2,1-2H3,(H2,21,24)/p+1/t13-,17-/m0/s1. The maximum atomic E-state index is 11.4. The van der Waals surface area contributed by atoms with Crippen molar-refractivity contribution in [1.82, 2.24) is 4.98 Å². The Morgan fingerprint density at radius 2 is 1.92 bits per heavy atom. The van der Waals surface area contributed by atoms with Crippen LogP contribution in [-0.2, 0) is 4.79 Å². The summed E-state index contributed by atoms with van der Waals surface area (Å²) < 4.78 is 5.26. The van der Waals surface area contributed by atoms with Crippen LogP contribution in [0.15, 0.2) is 54.7 Å². The third kappa shape index (κ3) is 3.67. The summed E-state index contributed by atoms with van der Waals surface area (Å²) in [6.45, 7) is 2.57. The number of hydrogen-bond acceptors (Lipinski definition) is 2. The number of benzene rings is 2. The quantitative estimate of drug-likeness (QED) is 0.613. The molecular weight excluding hydrogens is 314 g/mol. The minimum Gasteiger partial charge on any atom is -0.497 e. The van der Waals surface area contributed by atoms with Gasteiger partial charge < -0.3 is 20.8 Å². The van der Waals surface area contributed by atoms with Gasteiger partial charge in [-0.15, -0.1) is 0 Å². The summed E-state index contributed by atoms with van der Waals surface area (Å²) >= 11 is 0. The van der Waals surface area contributed by atoms with Crippen LogP contribution in [0, 0.1) is 0 Å². The number of nitrogens with two attached hydrogens (primary N) is 2. The van der Waals surface area contributed by atoms with E-state index in [1.54, 1.807) is 7.11 Å². The van der Waals surface area contributed by atoms with Crippen molar-refractivity contribution >= 4 is 16.8 Å². The van der Waals surface area contributed by atoms with Crippen LogP contribution < -0.4 is 15.8 Å². The lowest BCUT2D eigenvalue weighted by molar-refractivity contribution is -0.674. The van der Waals surface area contributed by atoms with E-state index in [1.807, 2.05) is 36.5 Å². The molecule has 1 aromatic heterocycles. The minimum atomic E-state index is -0.299. The van der Waals surface area contributed by atoms with Gasteiger partial charge in [0.2, 0.25) is 0 Å². The van der Waals surface area contributed by atoms with Gasteiger partial charge in [-0.2, -0.15) is 0 Å². The number of quaternary nitrogens is 1. The molecule has 0 spiro atoms. The van der Waals surface area contributed by atoms with Gasteiger partial charge >= 0.3 is 0 Å².